The van der Waals surface area contributed by atoms with E-state index >= 15 is 0 Å². The molecule has 1 aromatic heterocycles. The highest BCUT2D eigenvalue weighted by atomic mass is 16.5. The minimum atomic E-state index is 0.150. The van der Waals surface area contributed by atoms with Crippen LogP contribution in [0.3, 0.4) is 0 Å². The number of amides is 1. The van der Waals surface area contributed by atoms with Crippen molar-refractivity contribution in [1.29, 1.82) is 0 Å². The van der Waals surface area contributed by atoms with Crippen LogP contribution >= 0.6 is 0 Å². The molecule has 2 aromatic carbocycles. The van der Waals surface area contributed by atoms with Gasteiger partial charge in [0.2, 0.25) is 5.91 Å². The molecule has 1 amide bonds. The zero-order chi connectivity index (χ0) is 19.6. The lowest BCUT2D eigenvalue weighted by atomic mass is 10.1. The van der Waals surface area contributed by atoms with Crippen LogP contribution in [-0.2, 0) is 24.2 Å². The number of ether oxygens (including phenoxy) is 1. The van der Waals surface area contributed by atoms with Gasteiger partial charge in [-0.2, -0.15) is 0 Å². The van der Waals surface area contributed by atoms with Crippen molar-refractivity contribution in [3.8, 4) is 5.75 Å². The molecule has 0 unspecified atom stereocenters. The second-order valence-electron chi connectivity index (χ2n) is 6.72. The number of aryl methyl sites for hydroxylation is 1. The fraction of sp³-hybridized carbons (Fsp3) is 0.250. The lowest BCUT2D eigenvalue weighted by Gasteiger charge is -2.23. The number of nitrogens with zero attached hydrogens (tertiary/aromatic N) is 2. The lowest BCUT2D eigenvalue weighted by molar-refractivity contribution is -0.131. The molecule has 3 rings (SSSR count). The summed E-state index contributed by atoms with van der Waals surface area (Å²) in [5.41, 5.74) is 3.28. The molecule has 144 valence electrons. The van der Waals surface area contributed by atoms with Crippen molar-refractivity contribution in [2.24, 2.45) is 0 Å². The first-order valence-corrected chi connectivity index (χ1v) is 9.59. The third-order valence-electron chi connectivity index (χ3n) is 4.73. The van der Waals surface area contributed by atoms with Crippen LogP contribution < -0.4 is 4.74 Å². The number of methoxy groups -OCH3 is 1. The number of pyridine rings is 1. The molecule has 0 bridgehead atoms. The van der Waals surface area contributed by atoms with Gasteiger partial charge in [-0.3, -0.25) is 9.78 Å². The molecule has 0 spiro atoms. The van der Waals surface area contributed by atoms with E-state index in [1.165, 1.54) is 5.56 Å². The Balaban J connectivity index is 1.62. The minimum absolute atomic E-state index is 0.150. The number of hydrogen-bond acceptors (Lipinski definition) is 3. The summed E-state index contributed by atoms with van der Waals surface area (Å²) in [6.07, 6.45) is 3.80. The molecule has 4 heteroatoms. The monoisotopic (exact) mass is 374 g/mol. The lowest BCUT2D eigenvalue weighted by Crippen LogP contribution is -2.33. The molecule has 0 atom stereocenters. The Kier molecular flexibility index (Phi) is 7.19. The molecule has 4 nitrogen and oxygen atoms in total. The highest BCUT2D eigenvalue weighted by Gasteiger charge is 2.15. The minimum Gasteiger partial charge on any atom is -0.497 e. The SMILES string of the molecule is COc1ccc(CCC(=O)N(CCc2ccccc2)Cc2ccccn2)cc1. The van der Waals surface area contributed by atoms with Crippen LogP contribution in [0.4, 0.5) is 0 Å². The van der Waals surface area contributed by atoms with Gasteiger partial charge in [0, 0.05) is 19.2 Å². The highest BCUT2D eigenvalue weighted by Crippen LogP contribution is 2.14. The Bertz CT molecular complexity index is 849. The second kappa shape index (κ2) is 10.3. The van der Waals surface area contributed by atoms with Gasteiger partial charge in [-0.25, -0.2) is 0 Å². The summed E-state index contributed by atoms with van der Waals surface area (Å²) in [5.74, 6) is 0.979. The first-order chi connectivity index (χ1) is 13.7. The summed E-state index contributed by atoms with van der Waals surface area (Å²) in [6, 6.07) is 24.0. The van der Waals surface area contributed by atoms with Crippen LogP contribution in [0.1, 0.15) is 23.2 Å². The van der Waals surface area contributed by atoms with Crippen LogP contribution in [0.15, 0.2) is 79.0 Å². The predicted octanol–water partition coefficient (Wildman–Crippen LogP) is 4.29. The largest absolute Gasteiger partial charge is 0.497 e. The summed E-state index contributed by atoms with van der Waals surface area (Å²) in [6.45, 7) is 1.22. The van der Waals surface area contributed by atoms with Crippen molar-refractivity contribution in [3.63, 3.8) is 0 Å². The molecule has 0 aliphatic rings. The van der Waals surface area contributed by atoms with Crippen LogP contribution in [0.25, 0.3) is 0 Å². The summed E-state index contributed by atoms with van der Waals surface area (Å²) in [4.78, 5) is 19.2. The van der Waals surface area contributed by atoms with Crippen molar-refractivity contribution in [2.75, 3.05) is 13.7 Å². The Labute approximate surface area is 166 Å². The van der Waals surface area contributed by atoms with Gasteiger partial charge in [0.1, 0.15) is 5.75 Å². The first-order valence-electron chi connectivity index (χ1n) is 9.59. The maximum absolute atomic E-state index is 12.9. The second-order valence-corrected chi connectivity index (χ2v) is 6.72. The van der Waals surface area contributed by atoms with E-state index < -0.39 is 0 Å². The van der Waals surface area contributed by atoms with Gasteiger partial charge < -0.3 is 9.64 Å². The molecule has 3 aromatic rings. The Morgan fingerprint density at radius 3 is 2.29 bits per heavy atom. The van der Waals surface area contributed by atoms with E-state index in [-0.39, 0.29) is 5.91 Å². The molecule has 28 heavy (non-hydrogen) atoms. The van der Waals surface area contributed by atoms with Gasteiger partial charge in [-0.15, -0.1) is 0 Å². The van der Waals surface area contributed by atoms with E-state index in [0.29, 0.717) is 25.9 Å². The fourth-order valence-electron chi connectivity index (χ4n) is 3.09. The van der Waals surface area contributed by atoms with Crippen LogP contribution in [0, 0.1) is 0 Å². The van der Waals surface area contributed by atoms with Crippen LogP contribution in [0.5, 0.6) is 5.75 Å². The molecular formula is C24H26N2O2. The molecule has 1 heterocycles. The number of carbonyl (C=O) groups is 1. The van der Waals surface area contributed by atoms with E-state index in [4.69, 9.17) is 4.74 Å². The van der Waals surface area contributed by atoms with Crippen LogP contribution in [0.2, 0.25) is 0 Å². The van der Waals surface area contributed by atoms with Gasteiger partial charge in [-0.1, -0.05) is 48.5 Å². The van der Waals surface area contributed by atoms with Crippen molar-refractivity contribution in [2.45, 2.75) is 25.8 Å². The smallest absolute Gasteiger partial charge is 0.223 e. The number of benzene rings is 2. The third-order valence-corrected chi connectivity index (χ3v) is 4.73. The number of aromatic nitrogens is 1. The van der Waals surface area contributed by atoms with Crippen molar-refractivity contribution in [3.05, 3.63) is 95.8 Å². The summed E-state index contributed by atoms with van der Waals surface area (Å²) in [5, 5.41) is 0. The first kappa shape index (κ1) is 19.6. The average molecular weight is 374 g/mol. The number of hydrogen-bond donors (Lipinski definition) is 0. The molecule has 0 aliphatic carbocycles. The van der Waals surface area contributed by atoms with Crippen molar-refractivity contribution >= 4 is 5.91 Å². The molecule has 0 aliphatic heterocycles. The van der Waals surface area contributed by atoms with Gasteiger partial charge in [0.05, 0.1) is 19.3 Å². The molecule has 0 N–H and O–H groups in total. The summed E-state index contributed by atoms with van der Waals surface area (Å²) in [7, 11) is 1.65. The van der Waals surface area contributed by atoms with E-state index in [9.17, 15) is 4.79 Å². The average Bonchev–Trinajstić information content (AvgIpc) is 2.76. The quantitative estimate of drug-likeness (QED) is 0.561. The van der Waals surface area contributed by atoms with Gasteiger partial charge in [0.25, 0.3) is 0 Å². The number of carbonyl (C=O) groups excluding carboxylic acids is 1. The molecule has 0 saturated heterocycles. The Morgan fingerprint density at radius 2 is 1.61 bits per heavy atom. The fourth-order valence-corrected chi connectivity index (χ4v) is 3.09. The molecular weight excluding hydrogens is 348 g/mol. The maximum atomic E-state index is 12.9. The zero-order valence-corrected chi connectivity index (χ0v) is 16.3. The summed E-state index contributed by atoms with van der Waals surface area (Å²) >= 11 is 0. The topological polar surface area (TPSA) is 42.4 Å². The summed E-state index contributed by atoms with van der Waals surface area (Å²) < 4.78 is 5.19. The van der Waals surface area contributed by atoms with E-state index in [0.717, 1.165) is 23.4 Å². The third kappa shape index (κ3) is 5.95. The van der Waals surface area contributed by atoms with Gasteiger partial charge in [0.15, 0.2) is 0 Å². The molecule has 0 radical (unpaired) electrons. The Morgan fingerprint density at radius 1 is 0.893 bits per heavy atom. The van der Waals surface area contributed by atoms with E-state index in [2.05, 4.69) is 17.1 Å². The van der Waals surface area contributed by atoms with Crippen molar-refractivity contribution < 1.29 is 9.53 Å². The molecule has 0 fully saturated rings. The maximum Gasteiger partial charge on any atom is 0.223 e. The van der Waals surface area contributed by atoms with Crippen LogP contribution in [-0.4, -0.2) is 29.4 Å². The van der Waals surface area contributed by atoms with Gasteiger partial charge >= 0.3 is 0 Å². The normalized spacial score (nSPS) is 10.5. The highest BCUT2D eigenvalue weighted by molar-refractivity contribution is 5.76. The number of rotatable bonds is 9. The predicted molar refractivity (Wildman–Crippen MR) is 111 cm³/mol. The van der Waals surface area contributed by atoms with Gasteiger partial charge in [-0.05, 0) is 48.2 Å². The van der Waals surface area contributed by atoms with Crippen molar-refractivity contribution in [1.82, 2.24) is 9.88 Å². The zero-order valence-electron chi connectivity index (χ0n) is 16.3. The Hall–Kier alpha value is -3.14. The van der Waals surface area contributed by atoms with E-state index in [1.54, 1.807) is 13.3 Å². The molecule has 0 saturated carbocycles. The van der Waals surface area contributed by atoms with E-state index in [1.807, 2.05) is 65.6 Å². The standard InChI is InChI=1S/C24H26N2O2/c1-28-23-13-10-21(11-14-23)12-15-24(27)26(19-22-9-5-6-17-25-22)18-16-20-7-3-2-4-8-20/h2-11,13-14,17H,12,15-16,18-19H2,1H3.